The number of phenolic OH excluding ortho intramolecular Hbond substituents is 1. The average molecular weight is 386 g/mol. The van der Waals surface area contributed by atoms with Gasteiger partial charge in [0.1, 0.15) is 5.75 Å². The Kier molecular flexibility index (Phi) is 3.97. The molecule has 1 fully saturated rings. The maximum absolute atomic E-state index is 10.2. The van der Waals surface area contributed by atoms with Crippen molar-refractivity contribution in [1.82, 2.24) is 4.90 Å². The van der Waals surface area contributed by atoms with Crippen LogP contribution in [0.3, 0.4) is 0 Å². The van der Waals surface area contributed by atoms with Gasteiger partial charge in [-0.2, -0.15) is 0 Å². The van der Waals surface area contributed by atoms with Crippen LogP contribution in [0.4, 0.5) is 0 Å². The van der Waals surface area contributed by atoms with Gasteiger partial charge in [0.15, 0.2) is 0 Å². The Morgan fingerprint density at radius 1 is 1.21 bits per heavy atom. The smallest absolute Gasteiger partial charge is 0.130 e. The van der Waals surface area contributed by atoms with Crippen LogP contribution in [0.2, 0.25) is 0 Å². The van der Waals surface area contributed by atoms with Crippen molar-refractivity contribution in [3.63, 3.8) is 0 Å². The summed E-state index contributed by atoms with van der Waals surface area (Å²) in [5.41, 5.74) is 4.25. The third-order valence-electron chi connectivity index (χ3n) is 6.41. The summed E-state index contributed by atoms with van der Waals surface area (Å²) in [5, 5.41) is 10.2. The van der Waals surface area contributed by atoms with Crippen molar-refractivity contribution in [2.75, 3.05) is 6.54 Å². The molecular weight excluding hydrogens is 362 g/mol. The number of hydrogen-bond donors (Lipinski definition) is 1. The predicted octanol–water partition coefficient (Wildman–Crippen LogP) is 4.88. The number of piperidine rings is 1. The zero-order valence-electron chi connectivity index (χ0n) is 14.3. The number of halogens is 1. The van der Waals surface area contributed by atoms with Crippen molar-refractivity contribution in [1.29, 1.82) is 0 Å². The molecule has 1 aliphatic carbocycles. The van der Waals surface area contributed by atoms with Crippen molar-refractivity contribution in [3.05, 3.63) is 63.6 Å². The van der Waals surface area contributed by atoms with Crippen LogP contribution in [0.1, 0.15) is 37.0 Å². The zero-order chi connectivity index (χ0) is 16.9. The van der Waals surface area contributed by atoms with Crippen LogP contribution in [0, 0.1) is 5.92 Å². The van der Waals surface area contributed by atoms with Crippen LogP contribution in [0.5, 0.6) is 5.75 Å². The van der Waals surface area contributed by atoms with Gasteiger partial charge >= 0.3 is 0 Å². The summed E-state index contributed by atoms with van der Waals surface area (Å²) < 4.78 is 0.907. The summed E-state index contributed by atoms with van der Waals surface area (Å²) in [7, 11) is 0. The molecule has 2 nitrogen and oxygen atoms in total. The normalized spacial score (nSPS) is 29.3. The van der Waals surface area contributed by atoms with Crippen molar-refractivity contribution >= 4 is 15.9 Å². The Morgan fingerprint density at radius 2 is 1.96 bits per heavy atom. The van der Waals surface area contributed by atoms with Crippen molar-refractivity contribution < 1.29 is 5.11 Å². The van der Waals surface area contributed by atoms with Crippen LogP contribution in [0.25, 0.3) is 0 Å². The number of rotatable bonds is 2. The monoisotopic (exact) mass is 385 g/mol. The fraction of sp³-hybridized carbons (Fsp3) is 0.429. The average Bonchev–Trinajstić information content (AvgIpc) is 2.57. The van der Waals surface area contributed by atoms with Gasteiger partial charge in [-0.05, 0) is 69.4 Å². The van der Waals surface area contributed by atoms with E-state index in [9.17, 15) is 5.11 Å². The van der Waals surface area contributed by atoms with Gasteiger partial charge in [0.25, 0.3) is 0 Å². The standard InChI is InChI=1S/C21H24BrNO/c1-14-17-12-16-8-9-18(24)20(22)19(16)21(14,2)10-11-23(17)13-15-6-4-3-5-7-15/h3-9,14,17,24H,10-13H2,1-2H3/t14-,17+,21+/m1/s1. The van der Waals surface area contributed by atoms with E-state index in [1.165, 1.54) is 16.7 Å². The molecule has 3 heteroatoms. The topological polar surface area (TPSA) is 23.5 Å². The van der Waals surface area contributed by atoms with Crippen LogP contribution >= 0.6 is 15.9 Å². The van der Waals surface area contributed by atoms with Crippen molar-refractivity contribution in [2.24, 2.45) is 5.92 Å². The third-order valence-corrected chi connectivity index (χ3v) is 7.21. The van der Waals surface area contributed by atoms with E-state index in [4.69, 9.17) is 0 Å². The second-order valence-electron chi connectivity index (χ2n) is 7.62. The Hall–Kier alpha value is -1.32. The molecule has 1 aliphatic heterocycles. The Bertz CT molecular complexity index is 760. The van der Waals surface area contributed by atoms with Gasteiger partial charge < -0.3 is 5.11 Å². The van der Waals surface area contributed by atoms with Crippen LogP contribution in [0.15, 0.2) is 46.9 Å². The maximum Gasteiger partial charge on any atom is 0.130 e. The molecule has 126 valence electrons. The van der Waals surface area contributed by atoms with Gasteiger partial charge in [-0.1, -0.05) is 50.2 Å². The number of likely N-dealkylation sites (tertiary alicyclic amines) is 1. The second-order valence-corrected chi connectivity index (χ2v) is 8.41. The summed E-state index contributed by atoms with van der Waals surface area (Å²) >= 11 is 3.66. The SMILES string of the molecule is C[C@@H]1[C@@H]2Cc3ccc(O)c(Br)c3[C@@]1(C)CCN2Cc1ccccc1. The molecule has 0 amide bonds. The first-order valence-electron chi connectivity index (χ1n) is 8.79. The van der Waals surface area contributed by atoms with Crippen LogP contribution in [-0.4, -0.2) is 22.6 Å². The molecule has 1 N–H and O–H groups in total. The Balaban J connectivity index is 1.71. The molecule has 2 bridgehead atoms. The van der Waals surface area contributed by atoms with Crippen LogP contribution in [-0.2, 0) is 18.4 Å². The maximum atomic E-state index is 10.2. The van der Waals surface area contributed by atoms with E-state index >= 15 is 0 Å². The van der Waals surface area contributed by atoms with E-state index in [-0.39, 0.29) is 5.41 Å². The zero-order valence-corrected chi connectivity index (χ0v) is 15.9. The number of phenols is 1. The van der Waals surface area contributed by atoms with Gasteiger partial charge in [0, 0.05) is 12.6 Å². The molecule has 0 unspecified atom stereocenters. The minimum absolute atomic E-state index is 0.128. The van der Waals surface area contributed by atoms with Gasteiger partial charge in [-0.25, -0.2) is 0 Å². The molecule has 0 aromatic heterocycles. The number of benzene rings is 2. The van der Waals surface area contributed by atoms with Gasteiger partial charge in [-0.3, -0.25) is 4.90 Å². The highest BCUT2D eigenvalue weighted by molar-refractivity contribution is 9.10. The number of aromatic hydroxyl groups is 1. The third kappa shape index (κ3) is 2.41. The molecule has 2 aromatic rings. The fourth-order valence-corrected chi connectivity index (χ4v) is 5.64. The molecule has 0 radical (unpaired) electrons. The molecule has 1 heterocycles. The van der Waals surface area contributed by atoms with Gasteiger partial charge in [0.05, 0.1) is 4.47 Å². The molecule has 0 saturated carbocycles. The Morgan fingerprint density at radius 3 is 2.71 bits per heavy atom. The first-order valence-corrected chi connectivity index (χ1v) is 9.59. The molecular formula is C21H24BrNO. The highest BCUT2D eigenvalue weighted by Gasteiger charge is 2.49. The molecule has 2 aliphatic rings. The number of hydrogen-bond acceptors (Lipinski definition) is 2. The first-order chi connectivity index (χ1) is 11.5. The van der Waals surface area contributed by atoms with E-state index in [0.717, 1.165) is 30.4 Å². The lowest BCUT2D eigenvalue weighted by molar-refractivity contribution is 0.0254. The van der Waals surface area contributed by atoms with Crippen molar-refractivity contribution in [3.8, 4) is 5.75 Å². The lowest BCUT2D eigenvalue weighted by Crippen LogP contribution is -2.57. The quantitative estimate of drug-likeness (QED) is 0.795. The fourth-order valence-electron chi connectivity index (χ4n) is 4.80. The van der Waals surface area contributed by atoms with Gasteiger partial charge in [0.2, 0.25) is 0 Å². The summed E-state index contributed by atoms with van der Waals surface area (Å²) in [4.78, 5) is 2.66. The summed E-state index contributed by atoms with van der Waals surface area (Å²) in [6.07, 6.45) is 2.20. The lowest BCUT2D eigenvalue weighted by atomic mass is 9.59. The van der Waals surface area contributed by atoms with E-state index in [1.807, 2.05) is 6.07 Å². The molecule has 3 atom stereocenters. The van der Waals surface area contributed by atoms with Crippen LogP contribution < -0.4 is 0 Å². The largest absolute Gasteiger partial charge is 0.507 e. The van der Waals surface area contributed by atoms with E-state index in [2.05, 4.69) is 71.1 Å². The van der Waals surface area contributed by atoms with E-state index in [0.29, 0.717) is 17.7 Å². The Labute approximate surface area is 152 Å². The predicted molar refractivity (Wildman–Crippen MR) is 101 cm³/mol. The summed E-state index contributed by atoms with van der Waals surface area (Å²) in [6.45, 7) is 6.91. The number of nitrogens with zero attached hydrogens (tertiary/aromatic N) is 1. The minimum Gasteiger partial charge on any atom is -0.507 e. The number of fused-ring (bicyclic) bond motifs is 4. The van der Waals surface area contributed by atoms with E-state index < -0.39 is 0 Å². The van der Waals surface area contributed by atoms with Crippen molar-refractivity contribution in [2.45, 2.75) is 44.7 Å². The highest BCUT2D eigenvalue weighted by atomic mass is 79.9. The minimum atomic E-state index is 0.128. The molecule has 0 spiro atoms. The molecule has 1 saturated heterocycles. The second kappa shape index (κ2) is 5.89. The van der Waals surface area contributed by atoms with E-state index in [1.54, 1.807) is 0 Å². The molecule has 24 heavy (non-hydrogen) atoms. The lowest BCUT2D eigenvalue weighted by Gasteiger charge is -2.55. The first kappa shape index (κ1) is 16.2. The highest BCUT2D eigenvalue weighted by Crippen LogP contribution is 2.52. The molecule has 2 aromatic carbocycles. The van der Waals surface area contributed by atoms with Gasteiger partial charge in [-0.15, -0.1) is 0 Å². The molecule has 4 rings (SSSR count). The summed E-state index contributed by atoms with van der Waals surface area (Å²) in [5.74, 6) is 0.938. The summed E-state index contributed by atoms with van der Waals surface area (Å²) in [6, 6.07) is 15.3.